The first-order valence-corrected chi connectivity index (χ1v) is 9.62. The van der Waals surface area contributed by atoms with E-state index in [0.717, 1.165) is 11.4 Å². The van der Waals surface area contributed by atoms with Gasteiger partial charge in [0, 0.05) is 36.7 Å². The lowest BCUT2D eigenvalue weighted by Crippen LogP contribution is -2.49. The van der Waals surface area contributed by atoms with Crippen molar-refractivity contribution >= 4 is 17.7 Å². The van der Waals surface area contributed by atoms with Crippen molar-refractivity contribution in [2.24, 2.45) is 5.92 Å². The maximum Gasteiger partial charge on any atom is 0.306 e. The van der Waals surface area contributed by atoms with Gasteiger partial charge in [-0.1, -0.05) is 32.0 Å². The summed E-state index contributed by atoms with van der Waals surface area (Å²) in [5.41, 5.74) is 3.15. The van der Waals surface area contributed by atoms with Crippen LogP contribution in [0.5, 0.6) is 5.75 Å². The van der Waals surface area contributed by atoms with E-state index in [4.69, 9.17) is 5.11 Å². The van der Waals surface area contributed by atoms with Crippen LogP contribution >= 0.6 is 0 Å². The summed E-state index contributed by atoms with van der Waals surface area (Å²) in [7, 11) is 1.97. The van der Waals surface area contributed by atoms with Crippen molar-refractivity contribution in [2.45, 2.75) is 32.1 Å². The average molecular weight is 381 g/mol. The molecule has 28 heavy (non-hydrogen) atoms. The molecule has 4 rings (SSSR count). The zero-order chi connectivity index (χ0) is 20.2. The molecule has 2 N–H and O–H groups in total. The normalized spacial score (nSPS) is 22.7. The van der Waals surface area contributed by atoms with E-state index in [1.54, 1.807) is 6.08 Å². The first kappa shape index (κ1) is 18.5. The monoisotopic (exact) mass is 381 g/mol. The predicted octanol–water partition coefficient (Wildman–Crippen LogP) is 1.66. The summed E-state index contributed by atoms with van der Waals surface area (Å²) >= 11 is 0. The fourth-order valence-corrected chi connectivity index (χ4v) is 4.58. The molecule has 0 atom stereocenters. The molecule has 0 saturated carbocycles. The summed E-state index contributed by atoms with van der Waals surface area (Å²) in [6.45, 7) is 5.18. The van der Waals surface area contributed by atoms with Crippen LogP contribution in [0.4, 0.5) is 5.69 Å². The molecule has 146 valence electrons. The summed E-state index contributed by atoms with van der Waals surface area (Å²) in [5, 5.41) is 20.0. The van der Waals surface area contributed by atoms with E-state index in [9.17, 15) is 14.7 Å². The maximum absolute atomic E-state index is 12.8. The van der Waals surface area contributed by atoms with E-state index < -0.39 is 5.97 Å². The highest BCUT2D eigenvalue weighted by Gasteiger charge is 2.39. The van der Waals surface area contributed by atoms with Gasteiger partial charge in [-0.05, 0) is 17.7 Å². The third kappa shape index (κ3) is 2.58. The molecule has 2 aromatic carbocycles. The standard InChI is InChI=1S/C22H24N2O4/c1-22(2)15-6-4-5-7-16(15)23(3)17(22)12-14-19(25)18(20(14)26)24-10-8-13(9-11-24)21(27)28/h4-7,12-13H,8-11H2,1-3H3,(H-,25,26,27,28)/p+1. The number of aromatic hydroxyl groups is 1. The fraction of sp³-hybridized carbons (Fsp3) is 0.409. The van der Waals surface area contributed by atoms with Gasteiger partial charge in [-0.25, -0.2) is 4.58 Å². The van der Waals surface area contributed by atoms with Crippen molar-refractivity contribution in [1.82, 2.24) is 4.58 Å². The van der Waals surface area contributed by atoms with Crippen molar-refractivity contribution in [3.8, 4) is 5.75 Å². The minimum Gasteiger partial charge on any atom is -0.502 e. The van der Waals surface area contributed by atoms with Gasteiger partial charge in [0.1, 0.15) is 13.1 Å². The van der Waals surface area contributed by atoms with Crippen LogP contribution in [0.3, 0.4) is 0 Å². The summed E-state index contributed by atoms with van der Waals surface area (Å²) in [6.07, 6.45) is 2.77. The number of anilines is 1. The molecule has 2 aromatic rings. The number of piperidine rings is 1. The van der Waals surface area contributed by atoms with Crippen molar-refractivity contribution in [3.05, 3.63) is 56.7 Å². The molecule has 0 aromatic heterocycles. The van der Waals surface area contributed by atoms with Gasteiger partial charge in [-0.3, -0.25) is 9.59 Å². The molecule has 0 radical (unpaired) electrons. The van der Waals surface area contributed by atoms with Crippen LogP contribution in [-0.4, -0.2) is 36.3 Å². The Kier molecular flexibility index (Phi) is 4.17. The second-order valence-electron chi connectivity index (χ2n) is 8.27. The molecule has 0 aliphatic carbocycles. The van der Waals surface area contributed by atoms with E-state index >= 15 is 0 Å². The minimum absolute atomic E-state index is 0.0198. The van der Waals surface area contributed by atoms with Crippen molar-refractivity contribution in [1.29, 1.82) is 0 Å². The van der Waals surface area contributed by atoms with Gasteiger partial charge in [0.15, 0.2) is 0 Å². The molecule has 2 heterocycles. The lowest BCUT2D eigenvalue weighted by Gasteiger charge is -2.24. The number of carboxylic acids is 1. The molecular weight excluding hydrogens is 356 g/mol. The zero-order valence-electron chi connectivity index (χ0n) is 16.4. The number of fused-ring (bicyclic) bond motifs is 1. The number of benzene rings is 1. The number of hydrogen-bond donors (Lipinski definition) is 2. The van der Waals surface area contributed by atoms with Crippen LogP contribution in [-0.2, 0) is 10.2 Å². The minimum atomic E-state index is -0.791. The Morgan fingerprint density at radius 3 is 2.46 bits per heavy atom. The van der Waals surface area contributed by atoms with Crippen LogP contribution in [0.25, 0.3) is 6.08 Å². The number of nitrogens with zero attached hydrogens (tertiary/aromatic N) is 2. The van der Waals surface area contributed by atoms with Crippen molar-refractivity contribution in [2.75, 3.05) is 25.0 Å². The molecule has 2 aliphatic rings. The second kappa shape index (κ2) is 6.33. The van der Waals surface area contributed by atoms with Gasteiger partial charge < -0.3 is 15.1 Å². The lowest BCUT2D eigenvalue weighted by molar-refractivity contribution is -0.142. The highest BCUT2D eigenvalue weighted by atomic mass is 16.4. The molecule has 1 fully saturated rings. The van der Waals surface area contributed by atoms with E-state index in [0.29, 0.717) is 36.9 Å². The summed E-state index contributed by atoms with van der Waals surface area (Å²) in [4.78, 5) is 26.0. The number of rotatable bonds is 2. The Hall–Kier alpha value is -2.89. The molecule has 2 aliphatic heterocycles. The Morgan fingerprint density at radius 1 is 1.25 bits per heavy atom. The highest BCUT2D eigenvalue weighted by Crippen LogP contribution is 2.47. The fourth-order valence-electron chi connectivity index (χ4n) is 4.58. The topological polar surface area (TPSA) is 80.8 Å². The van der Waals surface area contributed by atoms with Crippen molar-refractivity contribution in [3.63, 3.8) is 0 Å². The van der Waals surface area contributed by atoms with Crippen LogP contribution in [0.15, 0.2) is 34.8 Å². The summed E-state index contributed by atoms with van der Waals surface area (Å²) in [6, 6.07) is 8.15. The number of carbonyl (C=O) groups is 1. The van der Waals surface area contributed by atoms with Gasteiger partial charge in [0.05, 0.1) is 11.5 Å². The molecule has 6 nitrogen and oxygen atoms in total. The van der Waals surface area contributed by atoms with E-state index in [1.807, 2.05) is 23.8 Å². The van der Waals surface area contributed by atoms with Crippen LogP contribution in [0, 0.1) is 5.92 Å². The molecule has 0 unspecified atom stereocenters. The zero-order valence-corrected chi connectivity index (χ0v) is 16.4. The molecule has 0 spiro atoms. The molecule has 0 bridgehead atoms. The Labute approximate surface area is 163 Å². The summed E-state index contributed by atoms with van der Waals surface area (Å²) < 4.78 is 1.82. The SMILES string of the molecule is CN1C(=Cc2c(O)c(=[N+]3CCC(C(=O)O)CC3)c2=O)C(C)(C)c2ccccc21. The van der Waals surface area contributed by atoms with Crippen LogP contribution in [0.1, 0.15) is 37.8 Å². The van der Waals surface area contributed by atoms with Gasteiger partial charge in [0.2, 0.25) is 5.75 Å². The molecule has 6 heteroatoms. The van der Waals surface area contributed by atoms with E-state index in [1.165, 1.54) is 5.56 Å². The van der Waals surface area contributed by atoms with E-state index in [2.05, 4.69) is 30.9 Å². The second-order valence-corrected chi connectivity index (χ2v) is 8.27. The summed E-state index contributed by atoms with van der Waals surface area (Å²) in [5.74, 6) is -1.14. The number of allylic oxidation sites excluding steroid dienone is 1. The first-order chi connectivity index (χ1) is 13.2. The quantitative estimate of drug-likeness (QED) is 0.774. The van der Waals surface area contributed by atoms with Crippen LogP contribution < -0.4 is 20.3 Å². The Bertz CT molecular complexity index is 1080. The first-order valence-electron chi connectivity index (χ1n) is 9.62. The number of likely N-dealkylation sites (N-methyl/N-ethyl adjacent to an activating group) is 1. The Balaban J connectivity index is 1.71. The number of hydrogen-bond acceptors (Lipinski definition) is 4. The molecular formula is C22H25N2O4+. The number of carboxylic acid groups (broad SMARTS) is 1. The number of aliphatic carboxylic acids is 1. The predicted molar refractivity (Wildman–Crippen MR) is 108 cm³/mol. The number of para-hydroxylation sites is 1. The highest BCUT2D eigenvalue weighted by molar-refractivity contribution is 5.77. The van der Waals surface area contributed by atoms with Gasteiger partial charge in [-0.15, -0.1) is 0 Å². The van der Waals surface area contributed by atoms with Gasteiger partial charge in [-0.2, -0.15) is 0 Å². The smallest absolute Gasteiger partial charge is 0.306 e. The van der Waals surface area contributed by atoms with Gasteiger partial charge in [0.25, 0.3) is 10.8 Å². The molecule has 0 amide bonds. The van der Waals surface area contributed by atoms with Crippen molar-refractivity contribution < 1.29 is 15.0 Å². The lowest BCUT2D eigenvalue weighted by atomic mass is 9.83. The van der Waals surface area contributed by atoms with Crippen LogP contribution in [0.2, 0.25) is 0 Å². The third-order valence-corrected chi connectivity index (χ3v) is 6.32. The Morgan fingerprint density at radius 2 is 1.89 bits per heavy atom. The maximum atomic E-state index is 12.8. The van der Waals surface area contributed by atoms with E-state index in [-0.39, 0.29) is 22.5 Å². The third-order valence-electron chi connectivity index (χ3n) is 6.32. The molecule has 1 saturated heterocycles. The largest absolute Gasteiger partial charge is 0.502 e. The van der Waals surface area contributed by atoms with Gasteiger partial charge >= 0.3 is 5.97 Å². The average Bonchev–Trinajstić information content (AvgIpc) is 2.87.